The van der Waals surface area contributed by atoms with Gasteiger partial charge in [0, 0.05) is 23.9 Å². The van der Waals surface area contributed by atoms with Gasteiger partial charge in [0.15, 0.2) is 0 Å². The Bertz CT molecular complexity index is 1550. The number of aliphatic imine (C=N–C) groups is 1. The predicted molar refractivity (Wildman–Crippen MR) is 157 cm³/mol. The van der Waals surface area contributed by atoms with Gasteiger partial charge >= 0.3 is 0 Å². The topological polar surface area (TPSA) is 54.7 Å². The van der Waals surface area contributed by atoms with Crippen LogP contribution < -0.4 is 4.74 Å². The summed E-state index contributed by atoms with van der Waals surface area (Å²) in [7, 11) is 1.65. The smallest absolute Gasteiger partial charge is 0.214 e. The molecule has 0 fully saturated rings. The Kier molecular flexibility index (Phi) is 7.18. The van der Waals surface area contributed by atoms with E-state index in [1.807, 2.05) is 43.6 Å². The number of pyridine rings is 1. The van der Waals surface area contributed by atoms with Crippen molar-refractivity contribution in [2.24, 2.45) is 10.9 Å². The quantitative estimate of drug-likeness (QED) is 0.285. The molecular weight excluding hydrogens is 468 g/mol. The van der Waals surface area contributed by atoms with Crippen LogP contribution in [0.1, 0.15) is 55.0 Å². The lowest BCUT2D eigenvalue weighted by molar-refractivity contribution is 0.121. The minimum Gasteiger partial charge on any atom is -0.481 e. The summed E-state index contributed by atoms with van der Waals surface area (Å²) in [5.41, 5.74) is 7.77. The molecule has 194 valence electrons. The maximum Gasteiger partial charge on any atom is 0.214 e. The molecule has 1 N–H and O–H groups in total. The van der Waals surface area contributed by atoms with Crippen molar-refractivity contribution in [3.63, 3.8) is 0 Å². The Balaban J connectivity index is 1.82. The van der Waals surface area contributed by atoms with Gasteiger partial charge in [0.2, 0.25) is 5.88 Å². The van der Waals surface area contributed by atoms with Gasteiger partial charge in [0.1, 0.15) is 5.60 Å². The van der Waals surface area contributed by atoms with Crippen LogP contribution in [0.15, 0.2) is 83.5 Å². The fourth-order valence-corrected chi connectivity index (χ4v) is 5.23. The fourth-order valence-electron chi connectivity index (χ4n) is 5.23. The maximum atomic E-state index is 12.6. The summed E-state index contributed by atoms with van der Waals surface area (Å²) < 4.78 is 5.56. The van der Waals surface area contributed by atoms with Crippen molar-refractivity contribution in [2.75, 3.05) is 7.11 Å². The minimum atomic E-state index is -1.35. The average molecular weight is 505 g/mol. The van der Waals surface area contributed by atoms with Gasteiger partial charge in [0.05, 0.1) is 12.6 Å². The lowest BCUT2D eigenvalue weighted by atomic mass is 9.79. The number of nitrogens with zero attached hydrogens (tertiary/aromatic N) is 2. The molecule has 0 saturated heterocycles. The van der Waals surface area contributed by atoms with E-state index in [1.165, 1.54) is 16.7 Å². The van der Waals surface area contributed by atoms with Crippen LogP contribution >= 0.6 is 0 Å². The number of methoxy groups -OCH3 is 1. The summed E-state index contributed by atoms with van der Waals surface area (Å²) in [5.74, 6) is 0.946. The number of benzene rings is 3. The van der Waals surface area contributed by atoms with Gasteiger partial charge in [-0.2, -0.15) is 0 Å². The summed E-state index contributed by atoms with van der Waals surface area (Å²) in [4.78, 5) is 9.33. The number of fused-ring (bicyclic) bond motifs is 6. The molecule has 38 heavy (non-hydrogen) atoms. The summed E-state index contributed by atoms with van der Waals surface area (Å²) in [5, 5.41) is 13.6. The predicted octanol–water partition coefficient (Wildman–Crippen LogP) is 7.57. The standard InChI is InChI=1S/C34H36N2O2/c1-6-22(2)20-35-21-24(4)34(37)28-13-10-23(3)26(17-28)12-11-25-8-7-9-27(16-25)30-19-33(38-5)36-32-15-14-29(34)18-31(30)32/h7-10,13-22,37H,6,11-12H2,1-5H3/b24-21+,35-20?. The molecule has 0 aliphatic heterocycles. The number of ether oxygens (including phenoxy) is 1. The third-order valence-corrected chi connectivity index (χ3v) is 7.92. The largest absolute Gasteiger partial charge is 0.481 e. The first-order valence-corrected chi connectivity index (χ1v) is 13.4. The molecule has 3 aromatic carbocycles. The number of aliphatic hydroxyl groups is 1. The summed E-state index contributed by atoms with van der Waals surface area (Å²) in [6.45, 7) is 8.40. The molecule has 1 aromatic heterocycles. The van der Waals surface area contributed by atoms with Crippen molar-refractivity contribution in [1.29, 1.82) is 0 Å². The Hall–Kier alpha value is -3.76. The zero-order chi connectivity index (χ0) is 26.9. The highest BCUT2D eigenvalue weighted by Crippen LogP contribution is 2.41. The first-order valence-electron chi connectivity index (χ1n) is 13.4. The molecule has 1 aliphatic rings. The zero-order valence-electron chi connectivity index (χ0n) is 23.0. The molecule has 4 aromatic rings. The second-order valence-corrected chi connectivity index (χ2v) is 10.5. The third kappa shape index (κ3) is 4.77. The van der Waals surface area contributed by atoms with Crippen LogP contribution in [0.3, 0.4) is 0 Å². The second-order valence-electron chi connectivity index (χ2n) is 10.5. The Labute approximate surface area is 225 Å². The van der Waals surface area contributed by atoms with Gasteiger partial charge in [-0.3, -0.25) is 4.99 Å². The van der Waals surface area contributed by atoms with E-state index in [-0.39, 0.29) is 0 Å². The SMILES string of the molecule is CCC(C)C=N/C=C(\C)C1(O)c2ccc(C)c(c2)CCc2cccc(c2)-c2cc(OC)nc3ccc1cc23. The van der Waals surface area contributed by atoms with E-state index in [0.717, 1.165) is 58.0 Å². The zero-order valence-corrected chi connectivity index (χ0v) is 23.0. The van der Waals surface area contributed by atoms with Gasteiger partial charge in [-0.15, -0.1) is 0 Å². The van der Waals surface area contributed by atoms with E-state index in [0.29, 0.717) is 11.8 Å². The molecule has 1 aliphatic carbocycles. The highest BCUT2D eigenvalue weighted by Gasteiger charge is 2.35. The van der Waals surface area contributed by atoms with E-state index in [4.69, 9.17) is 9.72 Å². The lowest BCUT2D eigenvalue weighted by Crippen LogP contribution is -2.29. The first kappa shape index (κ1) is 25.9. The van der Waals surface area contributed by atoms with Crippen molar-refractivity contribution >= 4 is 17.1 Å². The normalized spacial score (nSPS) is 18.2. The van der Waals surface area contributed by atoms with Crippen LogP contribution in [0.5, 0.6) is 5.88 Å². The second kappa shape index (κ2) is 10.5. The number of aromatic nitrogens is 1. The van der Waals surface area contributed by atoms with Crippen LogP contribution in [0.2, 0.25) is 0 Å². The van der Waals surface area contributed by atoms with Gasteiger partial charge < -0.3 is 9.84 Å². The highest BCUT2D eigenvalue weighted by molar-refractivity contribution is 5.96. The molecule has 1 heterocycles. The molecule has 5 rings (SSSR count). The third-order valence-electron chi connectivity index (χ3n) is 7.92. The van der Waals surface area contributed by atoms with Crippen LogP contribution in [-0.2, 0) is 18.4 Å². The molecule has 0 amide bonds. The average Bonchev–Trinajstić information content (AvgIpc) is 2.95. The number of hydrogen-bond donors (Lipinski definition) is 1. The Morgan fingerprint density at radius 3 is 2.66 bits per heavy atom. The van der Waals surface area contributed by atoms with Crippen molar-refractivity contribution in [2.45, 2.75) is 52.6 Å². The van der Waals surface area contributed by atoms with Crippen molar-refractivity contribution < 1.29 is 9.84 Å². The van der Waals surface area contributed by atoms with E-state index in [2.05, 4.69) is 68.2 Å². The van der Waals surface area contributed by atoms with Crippen LogP contribution in [0, 0.1) is 12.8 Å². The molecule has 0 spiro atoms. The minimum absolute atomic E-state index is 0.374. The molecule has 2 unspecified atom stereocenters. The maximum absolute atomic E-state index is 12.6. The number of aryl methyl sites for hydroxylation is 3. The van der Waals surface area contributed by atoms with Crippen molar-refractivity contribution in [3.8, 4) is 17.0 Å². The fraction of sp³-hybridized carbons (Fsp3) is 0.294. The number of rotatable bonds is 5. The Morgan fingerprint density at radius 2 is 1.87 bits per heavy atom. The number of hydrogen-bond acceptors (Lipinski definition) is 4. The van der Waals surface area contributed by atoms with Crippen LogP contribution in [-0.4, -0.2) is 23.4 Å². The highest BCUT2D eigenvalue weighted by atomic mass is 16.5. The molecular formula is C34H36N2O2. The lowest BCUT2D eigenvalue weighted by Gasteiger charge is -2.31. The van der Waals surface area contributed by atoms with Gasteiger partial charge in [-0.1, -0.05) is 62.4 Å². The monoisotopic (exact) mass is 504 g/mol. The Morgan fingerprint density at radius 1 is 1.08 bits per heavy atom. The molecule has 4 heteroatoms. The summed E-state index contributed by atoms with van der Waals surface area (Å²) in [6, 6.07) is 23.1. The van der Waals surface area contributed by atoms with Gasteiger partial charge in [-0.05, 0) is 95.7 Å². The van der Waals surface area contributed by atoms with Crippen LogP contribution in [0.25, 0.3) is 22.0 Å². The van der Waals surface area contributed by atoms with E-state index >= 15 is 0 Å². The van der Waals surface area contributed by atoms with Crippen molar-refractivity contribution in [3.05, 3.63) is 106 Å². The first-order chi connectivity index (χ1) is 18.3. The van der Waals surface area contributed by atoms with E-state index < -0.39 is 5.60 Å². The molecule has 6 bridgehead atoms. The summed E-state index contributed by atoms with van der Waals surface area (Å²) in [6.07, 6.45) is 6.58. The van der Waals surface area contributed by atoms with Gasteiger partial charge in [-0.25, -0.2) is 4.98 Å². The van der Waals surface area contributed by atoms with Gasteiger partial charge in [0.25, 0.3) is 0 Å². The molecule has 4 nitrogen and oxygen atoms in total. The van der Waals surface area contributed by atoms with E-state index in [9.17, 15) is 5.11 Å². The summed E-state index contributed by atoms with van der Waals surface area (Å²) >= 11 is 0. The van der Waals surface area contributed by atoms with E-state index in [1.54, 1.807) is 7.11 Å². The molecule has 2 atom stereocenters. The molecule has 0 saturated carbocycles. The molecule has 0 radical (unpaired) electrons. The van der Waals surface area contributed by atoms with Crippen molar-refractivity contribution in [1.82, 2.24) is 4.98 Å². The van der Waals surface area contributed by atoms with Crippen LogP contribution in [0.4, 0.5) is 0 Å².